The number of hydrogen-bond acceptors (Lipinski definition) is 5. The van der Waals surface area contributed by atoms with E-state index in [0.29, 0.717) is 0 Å². The van der Waals surface area contributed by atoms with Crippen molar-refractivity contribution in [1.29, 1.82) is 0 Å². The molecule has 0 spiro atoms. The second kappa shape index (κ2) is 4.29. The first-order valence-electron chi connectivity index (χ1n) is 6.31. The number of carbonyl (C=O) groups is 2. The highest BCUT2D eigenvalue weighted by atomic mass is 16.5. The van der Waals surface area contributed by atoms with Crippen LogP contribution in [0.5, 0.6) is 0 Å². The fourth-order valence-corrected chi connectivity index (χ4v) is 3.36. The molecule has 5 atom stereocenters. The number of hydrogen-bond donors (Lipinski definition) is 1. The lowest BCUT2D eigenvalue weighted by atomic mass is 9.81. The molecule has 3 aliphatic heterocycles. The topological polar surface area (TPSA) is 76.1 Å². The quantitative estimate of drug-likeness (QED) is 0.663. The molecule has 0 aromatic heterocycles. The summed E-state index contributed by atoms with van der Waals surface area (Å²) in [5.74, 6) is -0.916. The number of likely N-dealkylation sites (tertiary alicyclic amines) is 1. The minimum atomic E-state index is -0.504. The van der Waals surface area contributed by atoms with Gasteiger partial charge in [0, 0.05) is 7.11 Å². The number of aliphatic hydroxyl groups excluding tert-OH is 1. The van der Waals surface area contributed by atoms with E-state index in [1.807, 2.05) is 0 Å². The minimum absolute atomic E-state index is 0.0865. The van der Waals surface area contributed by atoms with Crippen molar-refractivity contribution in [3.05, 3.63) is 0 Å². The van der Waals surface area contributed by atoms with Gasteiger partial charge in [0.05, 0.1) is 43.3 Å². The molecule has 3 heterocycles. The fraction of sp³-hybridized carbons (Fsp3) is 0.833. The van der Waals surface area contributed by atoms with Gasteiger partial charge in [0.2, 0.25) is 11.8 Å². The Bertz CT molecular complexity index is 353. The highest BCUT2D eigenvalue weighted by Gasteiger charge is 2.62. The van der Waals surface area contributed by atoms with E-state index in [0.717, 1.165) is 12.8 Å². The maximum absolute atomic E-state index is 12.2. The molecule has 1 unspecified atom stereocenters. The van der Waals surface area contributed by atoms with E-state index in [4.69, 9.17) is 14.6 Å². The first-order chi connectivity index (χ1) is 8.67. The molecular formula is C12H17NO5. The number of nitrogens with zero attached hydrogens (tertiary/aromatic N) is 1. The molecule has 2 amide bonds. The molecule has 3 fully saturated rings. The SMILES string of the molecule is COC(CO)CN1C(=O)[C@@H]2[C@H](C1=O)[C@H]1CC[C@@H]2O1. The van der Waals surface area contributed by atoms with Crippen molar-refractivity contribution in [3.8, 4) is 0 Å². The van der Waals surface area contributed by atoms with Crippen LogP contribution in [0.1, 0.15) is 12.8 Å². The Labute approximate surface area is 105 Å². The van der Waals surface area contributed by atoms with Crippen molar-refractivity contribution in [3.63, 3.8) is 0 Å². The number of fused-ring (bicyclic) bond motifs is 5. The summed E-state index contributed by atoms with van der Waals surface area (Å²) in [6.45, 7) is -0.0661. The molecule has 18 heavy (non-hydrogen) atoms. The maximum atomic E-state index is 12.2. The molecule has 100 valence electrons. The van der Waals surface area contributed by atoms with Gasteiger partial charge in [-0.15, -0.1) is 0 Å². The maximum Gasteiger partial charge on any atom is 0.235 e. The predicted molar refractivity (Wildman–Crippen MR) is 59.5 cm³/mol. The van der Waals surface area contributed by atoms with Crippen LogP contribution in [0.25, 0.3) is 0 Å². The molecular weight excluding hydrogens is 238 g/mol. The van der Waals surface area contributed by atoms with Gasteiger partial charge >= 0.3 is 0 Å². The van der Waals surface area contributed by atoms with Crippen molar-refractivity contribution < 1.29 is 24.2 Å². The smallest absolute Gasteiger partial charge is 0.235 e. The lowest BCUT2D eigenvalue weighted by molar-refractivity contribution is -0.145. The van der Waals surface area contributed by atoms with Crippen molar-refractivity contribution in [2.24, 2.45) is 11.8 Å². The van der Waals surface area contributed by atoms with E-state index in [9.17, 15) is 9.59 Å². The fourth-order valence-electron chi connectivity index (χ4n) is 3.36. The Balaban J connectivity index is 1.78. The Morgan fingerprint density at radius 2 is 1.89 bits per heavy atom. The van der Waals surface area contributed by atoms with Gasteiger partial charge in [-0.3, -0.25) is 14.5 Å². The van der Waals surface area contributed by atoms with Crippen LogP contribution in [0.2, 0.25) is 0 Å². The van der Waals surface area contributed by atoms with Gasteiger partial charge in [0.15, 0.2) is 0 Å². The molecule has 3 rings (SSSR count). The van der Waals surface area contributed by atoms with Crippen LogP contribution < -0.4 is 0 Å². The summed E-state index contributed by atoms with van der Waals surface area (Å²) >= 11 is 0. The van der Waals surface area contributed by atoms with Crippen molar-refractivity contribution >= 4 is 11.8 Å². The summed E-state index contributed by atoms with van der Waals surface area (Å²) in [7, 11) is 1.46. The normalized spacial score (nSPS) is 39.6. The molecule has 1 N–H and O–H groups in total. The lowest BCUT2D eigenvalue weighted by Crippen LogP contribution is -2.41. The van der Waals surface area contributed by atoms with Crippen molar-refractivity contribution in [2.75, 3.05) is 20.3 Å². The molecule has 6 heteroatoms. The Hall–Kier alpha value is -0.980. The first-order valence-corrected chi connectivity index (χ1v) is 6.31. The summed E-state index contributed by atoms with van der Waals surface area (Å²) in [6, 6.07) is 0. The molecule has 2 bridgehead atoms. The molecule has 0 aliphatic carbocycles. The molecule has 3 aliphatic rings. The van der Waals surface area contributed by atoms with E-state index in [2.05, 4.69) is 0 Å². The lowest BCUT2D eigenvalue weighted by Gasteiger charge is -2.21. The van der Waals surface area contributed by atoms with Crippen molar-refractivity contribution in [2.45, 2.75) is 31.2 Å². The van der Waals surface area contributed by atoms with E-state index >= 15 is 0 Å². The molecule has 0 aromatic rings. The minimum Gasteiger partial charge on any atom is -0.394 e. The summed E-state index contributed by atoms with van der Waals surface area (Å²) in [6.07, 6.45) is 1.06. The molecule has 3 saturated heterocycles. The van der Waals surface area contributed by atoms with Gasteiger partial charge in [0.25, 0.3) is 0 Å². The number of amides is 2. The van der Waals surface area contributed by atoms with Gasteiger partial charge in [-0.2, -0.15) is 0 Å². The van der Waals surface area contributed by atoms with Crippen LogP contribution in [0.4, 0.5) is 0 Å². The highest BCUT2D eigenvalue weighted by Crippen LogP contribution is 2.48. The van der Waals surface area contributed by atoms with Gasteiger partial charge < -0.3 is 14.6 Å². The number of aliphatic hydroxyl groups is 1. The zero-order valence-electron chi connectivity index (χ0n) is 10.2. The predicted octanol–water partition coefficient (Wildman–Crippen LogP) is -0.844. The summed E-state index contributed by atoms with van der Waals surface area (Å²) in [5, 5.41) is 9.08. The molecule has 0 saturated carbocycles. The molecule has 0 radical (unpaired) electrons. The summed E-state index contributed by atoms with van der Waals surface area (Å²) in [4.78, 5) is 25.7. The number of ether oxygens (including phenoxy) is 2. The third-order valence-corrected chi connectivity index (χ3v) is 4.30. The van der Waals surface area contributed by atoms with E-state index in [1.54, 1.807) is 0 Å². The Morgan fingerprint density at radius 1 is 1.33 bits per heavy atom. The zero-order chi connectivity index (χ0) is 12.9. The standard InChI is InChI=1S/C12H17NO5/c1-17-6(5-14)4-13-11(15)9-7-2-3-8(18-7)10(9)12(13)16/h6-10,14H,2-5H2,1H3/t6?,7-,8+,9-,10+. The molecule has 6 nitrogen and oxygen atoms in total. The third-order valence-electron chi connectivity index (χ3n) is 4.30. The average molecular weight is 255 g/mol. The van der Waals surface area contributed by atoms with Crippen molar-refractivity contribution in [1.82, 2.24) is 4.90 Å². The second-order valence-electron chi connectivity index (χ2n) is 5.17. The van der Waals surface area contributed by atoms with Gasteiger partial charge in [-0.05, 0) is 12.8 Å². The number of carbonyl (C=O) groups excluding carboxylic acids is 2. The largest absolute Gasteiger partial charge is 0.394 e. The number of methoxy groups -OCH3 is 1. The van der Waals surface area contributed by atoms with Crippen LogP contribution in [0, 0.1) is 11.8 Å². The van der Waals surface area contributed by atoms with E-state index in [1.165, 1.54) is 12.0 Å². The number of rotatable bonds is 4. The van der Waals surface area contributed by atoms with Gasteiger partial charge in [0.1, 0.15) is 0 Å². The molecule has 0 aromatic carbocycles. The van der Waals surface area contributed by atoms with Gasteiger partial charge in [-0.1, -0.05) is 0 Å². The van der Waals surface area contributed by atoms with E-state index < -0.39 is 6.10 Å². The third kappa shape index (κ3) is 1.52. The van der Waals surface area contributed by atoms with Crippen LogP contribution in [0.15, 0.2) is 0 Å². The van der Waals surface area contributed by atoms with Crippen LogP contribution in [0.3, 0.4) is 0 Å². The first kappa shape index (κ1) is 12.1. The van der Waals surface area contributed by atoms with Crippen LogP contribution >= 0.6 is 0 Å². The Morgan fingerprint density at radius 3 is 2.33 bits per heavy atom. The summed E-state index contributed by atoms with van der Waals surface area (Å²) in [5.41, 5.74) is 0. The Kier molecular flexibility index (Phi) is 2.88. The highest BCUT2D eigenvalue weighted by molar-refractivity contribution is 6.06. The van der Waals surface area contributed by atoms with Gasteiger partial charge in [-0.25, -0.2) is 0 Å². The monoisotopic (exact) mass is 255 g/mol. The average Bonchev–Trinajstić information content (AvgIpc) is 3.03. The van der Waals surface area contributed by atoms with Crippen LogP contribution in [-0.2, 0) is 19.1 Å². The summed E-state index contributed by atoms with van der Waals surface area (Å²) < 4.78 is 10.7. The second-order valence-corrected chi connectivity index (χ2v) is 5.17. The van der Waals surface area contributed by atoms with Crippen LogP contribution in [-0.4, -0.2) is 60.4 Å². The van der Waals surface area contributed by atoms with E-state index in [-0.39, 0.29) is 49.0 Å². The zero-order valence-corrected chi connectivity index (χ0v) is 10.2. The number of imide groups is 1.